The number of amides is 2. The molecule has 29 heavy (non-hydrogen) atoms. The average molecular weight is 396 g/mol. The fourth-order valence-corrected chi connectivity index (χ4v) is 3.35. The molecule has 1 fully saturated rings. The van der Waals surface area contributed by atoms with Crippen molar-refractivity contribution in [2.75, 3.05) is 44.7 Å². The molecule has 2 aromatic rings. The third-order valence-electron chi connectivity index (χ3n) is 4.87. The Hall–Kier alpha value is -2.77. The van der Waals surface area contributed by atoms with Crippen LogP contribution < -0.4 is 5.32 Å². The Bertz CT molecular complexity index is 789. The van der Waals surface area contributed by atoms with Crippen molar-refractivity contribution in [2.24, 2.45) is 0 Å². The first-order chi connectivity index (χ1) is 14.1. The first-order valence-electron chi connectivity index (χ1n) is 9.98. The quantitative estimate of drug-likeness (QED) is 0.742. The molecule has 1 aromatic carbocycles. The second kappa shape index (κ2) is 10.7. The number of hydrogen-bond donors (Lipinski definition) is 1. The average Bonchev–Trinajstić information content (AvgIpc) is 2.74. The molecule has 1 saturated heterocycles. The number of carbonyl (C=O) groups excluding carboxylic acids is 2. The van der Waals surface area contributed by atoms with Crippen LogP contribution in [0.5, 0.6) is 0 Å². The van der Waals surface area contributed by atoms with Gasteiger partial charge in [-0.15, -0.1) is 0 Å². The molecular formula is C22H28N4O3. The third-order valence-corrected chi connectivity index (χ3v) is 4.87. The molecule has 0 atom stereocenters. The number of carbonyl (C=O) groups is 2. The van der Waals surface area contributed by atoms with Crippen LogP contribution in [0.15, 0.2) is 48.8 Å². The van der Waals surface area contributed by atoms with Crippen molar-refractivity contribution in [1.82, 2.24) is 14.8 Å². The molecule has 0 bridgehead atoms. The zero-order valence-electron chi connectivity index (χ0n) is 16.8. The summed E-state index contributed by atoms with van der Waals surface area (Å²) in [6.07, 6.45) is 4.39. The smallest absolute Gasteiger partial charge is 0.254 e. The lowest BCUT2D eigenvalue weighted by atomic mass is 10.1. The second-order valence-corrected chi connectivity index (χ2v) is 7.15. The van der Waals surface area contributed by atoms with E-state index in [0.717, 1.165) is 44.8 Å². The summed E-state index contributed by atoms with van der Waals surface area (Å²) in [4.78, 5) is 32.7. The summed E-state index contributed by atoms with van der Waals surface area (Å²) < 4.78 is 5.40. The molecule has 2 heterocycles. The molecule has 0 aliphatic carbocycles. The molecule has 0 saturated carbocycles. The monoisotopic (exact) mass is 396 g/mol. The molecule has 0 unspecified atom stereocenters. The fraction of sp³-hybridized carbons (Fsp3) is 0.409. The number of nitrogens with one attached hydrogen (secondary N) is 1. The molecule has 1 aromatic heterocycles. The van der Waals surface area contributed by atoms with Crippen molar-refractivity contribution in [3.63, 3.8) is 0 Å². The van der Waals surface area contributed by atoms with Crippen molar-refractivity contribution in [3.05, 3.63) is 59.9 Å². The number of nitrogens with zero attached hydrogens (tertiary/aromatic N) is 3. The highest BCUT2D eigenvalue weighted by Gasteiger charge is 2.17. The summed E-state index contributed by atoms with van der Waals surface area (Å²) in [5.74, 6) is -0.148. The van der Waals surface area contributed by atoms with E-state index in [2.05, 4.69) is 15.2 Å². The zero-order chi connectivity index (χ0) is 20.5. The zero-order valence-corrected chi connectivity index (χ0v) is 16.8. The van der Waals surface area contributed by atoms with Gasteiger partial charge in [0.25, 0.3) is 5.91 Å². The van der Waals surface area contributed by atoms with E-state index in [9.17, 15) is 9.59 Å². The SMILES string of the molecule is CC(=O)Nc1ccc(C(=O)N(CCCN2CCOCC2)Cc2ccncc2)cc1. The number of anilines is 1. The van der Waals surface area contributed by atoms with Gasteiger partial charge in [-0.25, -0.2) is 0 Å². The normalized spacial score (nSPS) is 14.4. The number of rotatable bonds is 8. The number of ether oxygens (including phenoxy) is 1. The minimum Gasteiger partial charge on any atom is -0.379 e. The number of morpholine rings is 1. The maximum Gasteiger partial charge on any atom is 0.254 e. The van der Waals surface area contributed by atoms with Gasteiger partial charge in [-0.05, 0) is 48.4 Å². The van der Waals surface area contributed by atoms with Gasteiger partial charge in [0, 0.05) is 63.3 Å². The molecule has 0 spiro atoms. The van der Waals surface area contributed by atoms with Crippen molar-refractivity contribution < 1.29 is 14.3 Å². The summed E-state index contributed by atoms with van der Waals surface area (Å²) in [5, 5.41) is 2.72. The van der Waals surface area contributed by atoms with Gasteiger partial charge < -0.3 is 15.0 Å². The Kier molecular flexibility index (Phi) is 7.72. The summed E-state index contributed by atoms with van der Waals surface area (Å²) in [5.41, 5.74) is 2.34. The number of pyridine rings is 1. The molecule has 1 aliphatic rings. The number of hydrogen-bond acceptors (Lipinski definition) is 5. The minimum absolute atomic E-state index is 0.0156. The van der Waals surface area contributed by atoms with Crippen LogP contribution in [0.4, 0.5) is 5.69 Å². The third kappa shape index (κ3) is 6.66. The van der Waals surface area contributed by atoms with Gasteiger partial charge in [0.15, 0.2) is 0 Å². The lowest BCUT2D eigenvalue weighted by Crippen LogP contribution is -2.39. The van der Waals surface area contributed by atoms with Crippen LogP contribution in [0.3, 0.4) is 0 Å². The molecule has 1 N–H and O–H groups in total. The molecule has 7 nitrogen and oxygen atoms in total. The van der Waals surface area contributed by atoms with Gasteiger partial charge in [0.05, 0.1) is 13.2 Å². The van der Waals surface area contributed by atoms with Gasteiger partial charge in [0.2, 0.25) is 5.91 Å². The standard InChI is InChI=1S/C22H28N4O3/c1-18(27)24-21-5-3-20(4-6-21)22(28)26(17-19-7-9-23-10-8-19)12-2-11-25-13-15-29-16-14-25/h3-10H,2,11-17H2,1H3,(H,24,27). The number of benzene rings is 1. The number of aromatic nitrogens is 1. The lowest BCUT2D eigenvalue weighted by molar-refractivity contribution is -0.114. The van der Waals surface area contributed by atoms with Crippen LogP contribution >= 0.6 is 0 Å². The Morgan fingerprint density at radius 1 is 1.10 bits per heavy atom. The van der Waals surface area contributed by atoms with Gasteiger partial charge in [0.1, 0.15) is 0 Å². The fourth-order valence-electron chi connectivity index (χ4n) is 3.35. The molecule has 154 valence electrons. The van der Waals surface area contributed by atoms with E-state index < -0.39 is 0 Å². The lowest BCUT2D eigenvalue weighted by Gasteiger charge is -2.28. The predicted octanol–water partition coefficient (Wildman–Crippen LogP) is 2.40. The molecule has 0 radical (unpaired) electrons. The largest absolute Gasteiger partial charge is 0.379 e. The highest BCUT2D eigenvalue weighted by molar-refractivity contribution is 5.95. The molecule has 7 heteroatoms. The van der Waals surface area contributed by atoms with Crippen molar-refractivity contribution in [3.8, 4) is 0 Å². The minimum atomic E-state index is -0.133. The van der Waals surface area contributed by atoms with E-state index in [1.54, 1.807) is 36.7 Å². The van der Waals surface area contributed by atoms with Crippen LogP contribution in [-0.2, 0) is 16.1 Å². The Labute approximate surface area is 171 Å². The molecule has 1 aliphatic heterocycles. The molecular weight excluding hydrogens is 368 g/mol. The first-order valence-corrected chi connectivity index (χ1v) is 9.98. The Balaban J connectivity index is 1.65. The Morgan fingerprint density at radius 3 is 2.45 bits per heavy atom. The van der Waals surface area contributed by atoms with Crippen molar-refractivity contribution >= 4 is 17.5 Å². The van der Waals surface area contributed by atoms with Gasteiger partial charge >= 0.3 is 0 Å². The molecule has 2 amide bonds. The van der Waals surface area contributed by atoms with E-state index in [1.807, 2.05) is 17.0 Å². The van der Waals surface area contributed by atoms with Gasteiger partial charge in [-0.1, -0.05) is 0 Å². The summed E-state index contributed by atoms with van der Waals surface area (Å²) in [6, 6.07) is 10.9. The highest BCUT2D eigenvalue weighted by Crippen LogP contribution is 2.14. The summed E-state index contributed by atoms with van der Waals surface area (Å²) >= 11 is 0. The second-order valence-electron chi connectivity index (χ2n) is 7.15. The molecule has 3 rings (SSSR count). The summed E-state index contributed by atoms with van der Waals surface area (Å²) in [6.45, 7) is 7.07. The van der Waals surface area contributed by atoms with Crippen LogP contribution in [0.2, 0.25) is 0 Å². The highest BCUT2D eigenvalue weighted by atomic mass is 16.5. The Morgan fingerprint density at radius 2 is 1.79 bits per heavy atom. The maximum atomic E-state index is 13.2. The predicted molar refractivity (Wildman–Crippen MR) is 112 cm³/mol. The van der Waals surface area contributed by atoms with E-state index in [1.165, 1.54) is 6.92 Å². The van der Waals surface area contributed by atoms with E-state index in [4.69, 9.17) is 4.74 Å². The topological polar surface area (TPSA) is 74.8 Å². The summed E-state index contributed by atoms with van der Waals surface area (Å²) in [7, 11) is 0. The maximum absolute atomic E-state index is 13.2. The van der Waals surface area contributed by atoms with Crippen LogP contribution in [0, 0.1) is 0 Å². The van der Waals surface area contributed by atoms with Gasteiger partial charge in [-0.3, -0.25) is 19.5 Å². The van der Waals surface area contributed by atoms with E-state index in [-0.39, 0.29) is 11.8 Å². The van der Waals surface area contributed by atoms with Crippen LogP contribution in [-0.4, -0.2) is 66.0 Å². The van der Waals surface area contributed by atoms with E-state index in [0.29, 0.717) is 24.3 Å². The van der Waals surface area contributed by atoms with E-state index >= 15 is 0 Å². The van der Waals surface area contributed by atoms with Gasteiger partial charge in [-0.2, -0.15) is 0 Å². The van der Waals surface area contributed by atoms with Crippen molar-refractivity contribution in [1.29, 1.82) is 0 Å². The van der Waals surface area contributed by atoms with Crippen LogP contribution in [0.1, 0.15) is 29.3 Å². The van der Waals surface area contributed by atoms with Crippen molar-refractivity contribution in [2.45, 2.75) is 19.9 Å². The first kappa shape index (κ1) is 21.0. The van der Waals surface area contributed by atoms with Crippen LogP contribution in [0.25, 0.3) is 0 Å².